The lowest BCUT2D eigenvalue weighted by atomic mass is 9.95. The summed E-state index contributed by atoms with van der Waals surface area (Å²) in [6.07, 6.45) is 2.32. The number of piperazine rings is 1. The minimum Gasteiger partial charge on any atom is -0.497 e. The Kier molecular flexibility index (Phi) is 6.01. The van der Waals surface area contributed by atoms with Crippen molar-refractivity contribution in [2.45, 2.75) is 18.9 Å². The molecule has 2 aromatic rings. The summed E-state index contributed by atoms with van der Waals surface area (Å²) in [5, 5.41) is 0. The zero-order chi connectivity index (χ0) is 18.6. The summed E-state index contributed by atoms with van der Waals surface area (Å²) in [7, 11) is 1.71. The topological polar surface area (TPSA) is 24.9 Å². The van der Waals surface area contributed by atoms with Crippen molar-refractivity contribution in [3.63, 3.8) is 0 Å². The third-order valence-electron chi connectivity index (χ3n) is 5.66. The molecule has 0 bridgehead atoms. The van der Waals surface area contributed by atoms with Gasteiger partial charge in [0.15, 0.2) is 0 Å². The molecule has 0 N–H and O–H groups in total. The third kappa shape index (κ3) is 4.48. The predicted octanol–water partition coefficient (Wildman–Crippen LogP) is 4.28. The van der Waals surface area contributed by atoms with Crippen LogP contribution in [0.2, 0.25) is 0 Å². The van der Waals surface area contributed by atoms with Crippen LogP contribution in [0.4, 0.5) is 5.69 Å². The van der Waals surface area contributed by atoms with Gasteiger partial charge in [-0.2, -0.15) is 0 Å². The van der Waals surface area contributed by atoms with E-state index in [1.54, 1.807) is 7.11 Å². The van der Waals surface area contributed by atoms with Crippen LogP contribution in [0.1, 0.15) is 23.7 Å². The van der Waals surface area contributed by atoms with Gasteiger partial charge in [-0.3, -0.25) is 4.90 Å². The summed E-state index contributed by atoms with van der Waals surface area (Å²) in [6, 6.07) is 15.0. The summed E-state index contributed by atoms with van der Waals surface area (Å²) in [4.78, 5) is 5.02. The summed E-state index contributed by atoms with van der Waals surface area (Å²) >= 11 is 3.60. The van der Waals surface area contributed by atoms with Crippen LogP contribution < -0.4 is 9.64 Å². The van der Waals surface area contributed by atoms with Gasteiger partial charge in [-0.15, -0.1) is 0 Å². The van der Waals surface area contributed by atoms with Gasteiger partial charge >= 0.3 is 0 Å². The lowest BCUT2D eigenvalue weighted by Gasteiger charge is -2.37. The van der Waals surface area contributed by atoms with E-state index in [1.165, 1.54) is 16.8 Å². The van der Waals surface area contributed by atoms with Gasteiger partial charge < -0.3 is 14.4 Å². The van der Waals surface area contributed by atoms with Gasteiger partial charge in [0.05, 0.1) is 19.8 Å². The van der Waals surface area contributed by atoms with Crippen molar-refractivity contribution in [3.8, 4) is 5.75 Å². The highest BCUT2D eigenvalue weighted by Gasteiger charge is 2.23. The fraction of sp³-hybridized carbons (Fsp3) is 0.455. The Morgan fingerprint density at radius 1 is 1.07 bits per heavy atom. The summed E-state index contributed by atoms with van der Waals surface area (Å²) in [6.45, 7) is 6.27. The number of fused-ring (bicyclic) bond motifs is 1. The molecule has 4 nitrogen and oxygen atoms in total. The van der Waals surface area contributed by atoms with Crippen LogP contribution in [0.15, 0.2) is 46.9 Å². The highest BCUT2D eigenvalue weighted by atomic mass is 79.9. The number of anilines is 1. The van der Waals surface area contributed by atoms with Crippen LogP contribution >= 0.6 is 15.9 Å². The Bertz CT molecular complexity index is 757. The predicted molar refractivity (Wildman–Crippen MR) is 113 cm³/mol. The molecule has 144 valence electrons. The first-order chi connectivity index (χ1) is 13.2. The Labute approximate surface area is 170 Å². The van der Waals surface area contributed by atoms with E-state index in [1.807, 2.05) is 12.1 Å². The number of hydrogen-bond donors (Lipinski definition) is 0. The lowest BCUT2D eigenvalue weighted by molar-refractivity contribution is 0.0288. The number of ether oxygens (including phenoxy) is 2. The molecule has 0 aromatic heterocycles. The molecule has 0 saturated carbocycles. The molecule has 2 aromatic carbocycles. The van der Waals surface area contributed by atoms with Crippen molar-refractivity contribution < 1.29 is 9.47 Å². The molecule has 2 aliphatic rings. The van der Waals surface area contributed by atoms with Gasteiger partial charge in [0.2, 0.25) is 0 Å². The van der Waals surface area contributed by atoms with Crippen LogP contribution in [0.25, 0.3) is 0 Å². The van der Waals surface area contributed by atoms with E-state index in [9.17, 15) is 0 Å². The number of halogens is 1. The largest absolute Gasteiger partial charge is 0.497 e. The normalized spacial score (nSPS) is 20.4. The van der Waals surface area contributed by atoms with E-state index in [0.29, 0.717) is 0 Å². The van der Waals surface area contributed by atoms with E-state index in [0.717, 1.165) is 62.4 Å². The molecule has 0 aliphatic carbocycles. The molecule has 4 rings (SSSR count). The Balaban J connectivity index is 1.29. The molecular formula is C22H27BrN2O2. The van der Waals surface area contributed by atoms with Crippen molar-refractivity contribution in [1.29, 1.82) is 0 Å². The van der Waals surface area contributed by atoms with Crippen molar-refractivity contribution in [2.75, 3.05) is 51.3 Å². The van der Waals surface area contributed by atoms with E-state index in [-0.39, 0.29) is 6.10 Å². The first-order valence-electron chi connectivity index (χ1n) is 9.74. The molecule has 0 radical (unpaired) electrons. The third-order valence-corrected chi connectivity index (χ3v) is 6.16. The van der Waals surface area contributed by atoms with Gasteiger partial charge in [-0.05, 0) is 60.4 Å². The summed E-state index contributed by atoms with van der Waals surface area (Å²) in [5.74, 6) is 0.914. The molecular weight excluding hydrogens is 404 g/mol. The SMILES string of the molecule is COc1ccc(N2CCN(CCC3OCCc4ccc(Br)cc43)CC2)cc1. The van der Waals surface area contributed by atoms with Crippen LogP contribution in [0.5, 0.6) is 5.75 Å². The molecule has 5 heteroatoms. The van der Waals surface area contributed by atoms with Crippen LogP contribution in [0, 0.1) is 0 Å². The van der Waals surface area contributed by atoms with Gasteiger partial charge in [-0.1, -0.05) is 22.0 Å². The molecule has 1 saturated heterocycles. The second kappa shape index (κ2) is 8.63. The van der Waals surface area contributed by atoms with Crippen molar-refractivity contribution in [2.24, 2.45) is 0 Å². The van der Waals surface area contributed by atoms with E-state index >= 15 is 0 Å². The highest BCUT2D eigenvalue weighted by Crippen LogP contribution is 2.32. The molecule has 1 unspecified atom stereocenters. The zero-order valence-electron chi connectivity index (χ0n) is 15.9. The second-order valence-electron chi connectivity index (χ2n) is 7.27. The van der Waals surface area contributed by atoms with Crippen LogP contribution in [-0.4, -0.2) is 51.3 Å². The maximum absolute atomic E-state index is 6.09. The Hall–Kier alpha value is -1.56. The van der Waals surface area contributed by atoms with Crippen molar-refractivity contribution >= 4 is 21.6 Å². The minimum absolute atomic E-state index is 0.228. The first kappa shape index (κ1) is 18.8. The Morgan fingerprint density at radius 3 is 2.59 bits per heavy atom. The van der Waals surface area contributed by atoms with Gasteiger partial charge in [0, 0.05) is 42.9 Å². The summed E-state index contributed by atoms with van der Waals surface area (Å²) < 4.78 is 12.5. The second-order valence-corrected chi connectivity index (χ2v) is 8.18. The van der Waals surface area contributed by atoms with Gasteiger partial charge in [0.1, 0.15) is 5.75 Å². The van der Waals surface area contributed by atoms with E-state index in [2.05, 4.69) is 56.1 Å². The van der Waals surface area contributed by atoms with Gasteiger partial charge in [0.25, 0.3) is 0 Å². The Morgan fingerprint density at radius 2 is 1.85 bits per heavy atom. The molecule has 1 fully saturated rings. The molecule has 2 aliphatic heterocycles. The fourth-order valence-electron chi connectivity index (χ4n) is 4.06. The standard InChI is InChI=1S/C22H27BrN2O2/c1-26-20-6-4-19(5-7-20)25-13-11-24(12-14-25)10-8-22-21-16-18(23)3-2-17(21)9-15-27-22/h2-7,16,22H,8-15H2,1H3. The maximum atomic E-state index is 6.09. The zero-order valence-corrected chi connectivity index (χ0v) is 17.5. The monoisotopic (exact) mass is 430 g/mol. The van der Waals surface area contributed by atoms with Gasteiger partial charge in [-0.25, -0.2) is 0 Å². The molecule has 27 heavy (non-hydrogen) atoms. The fourth-order valence-corrected chi connectivity index (χ4v) is 4.43. The molecule has 0 spiro atoms. The number of hydrogen-bond acceptors (Lipinski definition) is 4. The first-order valence-corrected chi connectivity index (χ1v) is 10.5. The average Bonchev–Trinajstić information content (AvgIpc) is 2.73. The van der Waals surface area contributed by atoms with Crippen molar-refractivity contribution in [1.82, 2.24) is 4.90 Å². The number of nitrogens with zero attached hydrogens (tertiary/aromatic N) is 2. The molecule has 0 amide bonds. The van der Waals surface area contributed by atoms with E-state index < -0.39 is 0 Å². The highest BCUT2D eigenvalue weighted by molar-refractivity contribution is 9.10. The minimum atomic E-state index is 0.228. The number of rotatable bonds is 5. The smallest absolute Gasteiger partial charge is 0.119 e. The van der Waals surface area contributed by atoms with Crippen molar-refractivity contribution in [3.05, 3.63) is 58.1 Å². The quantitative estimate of drug-likeness (QED) is 0.706. The molecule has 1 atom stereocenters. The number of benzene rings is 2. The van der Waals surface area contributed by atoms with Crippen LogP contribution in [0.3, 0.4) is 0 Å². The summed E-state index contributed by atoms with van der Waals surface area (Å²) in [5.41, 5.74) is 4.09. The number of methoxy groups -OCH3 is 1. The van der Waals surface area contributed by atoms with E-state index in [4.69, 9.17) is 9.47 Å². The lowest BCUT2D eigenvalue weighted by Crippen LogP contribution is -2.46. The average molecular weight is 431 g/mol. The maximum Gasteiger partial charge on any atom is 0.119 e. The van der Waals surface area contributed by atoms with Crippen LogP contribution in [-0.2, 0) is 11.2 Å². The molecule has 2 heterocycles.